The average molecular weight is 230 g/mol. The van der Waals surface area contributed by atoms with E-state index in [2.05, 4.69) is 24.3 Å². The van der Waals surface area contributed by atoms with E-state index in [1.54, 1.807) is 0 Å². The van der Waals surface area contributed by atoms with E-state index in [4.69, 9.17) is 11.6 Å². The zero-order valence-electron chi connectivity index (χ0n) is 9.25. The second kappa shape index (κ2) is 5.16. The zero-order valence-corrected chi connectivity index (χ0v) is 10.0. The summed E-state index contributed by atoms with van der Waals surface area (Å²) < 4.78 is 1.91. The molecule has 0 fully saturated rings. The van der Waals surface area contributed by atoms with Crippen molar-refractivity contribution in [2.24, 2.45) is 0 Å². The first-order chi connectivity index (χ1) is 7.08. The third kappa shape index (κ3) is 2.96. The molecule has 1 N–H and O–H groups in total. The van der Waals surface area contributed by atoms with Crippen molar-refractivity contribution < 1.29 is 4.79 Å². The molecule has 0 aliphatic heterocycles. The number of hydrogen-bond acceptors (Lipinski definition) is 2. The third-order valence-electron chi connectivity index (χ3n) is 2.32. The van der Waals surface area contributed by atoms with Gasteiger partial charge >= 0.3 is 0 Å². The lowest BCUT2D eigenvalue weighted by Gasteiger charge is -2.10. The summed E-state index contributed by atoms with van der Waals surface area (Å²) in [6, 6.07) is 2.18. The molecule has 0 aliphatic carbocycles. The van der Waals surface area contributed by atoms with E-state index in [1.165, 1.54) is 0 Å². The largest absolute Gasteiger partial charge is 0.308 e. The molecule has 5 heteroatoms. The molecule has 0 radical (unpaired) electrons. The summed E-state index contributed by atoms with van der Waals surface area (Å²) in [4.78, 5) is 11.0. The highest BCUT2D eigenvalue weighted by Gasteiger charge is 2.10. The number of hydrogen-bond donors (Lipinski definition) is 1. The molecule has 1 atom stereocenters. The van der Waals surface area contributed by atoms with Gasteiger partial charge in [0.25, 0.3) is 0 Å². The fourth-order valence-corrected chi connectivity index (χ4v) is 1.41. The Balaban J connectivity index is 2.81. The molecule has 0 saturated heterocycles. The smallest absolute Gasteiger partial charge is 0.240 e. The Kier molecular flexibility index (Phi) is 4.15. The molecule has 0 aliphatic rings. The van der Waals surface area contributed by atoms with Crippen molar-refractivity contribution in [2.45, 2.75) is 33.2 Å². The summed E-state index contributed by atoms with van der Waals surface area (Å²) in [5, 5.41) is 6.92. The highest BCUT2D eigenvalue weighted by Crippen LogP contribution is 2.16. The molecule has 4 nitrogen and oxygen atoms in total. The lowest BCUT2D eigenvalue weighted by Crippen LogP contribution is -2.14. The number of nitrogens with zero attached hydrogens (tertiary/aromatic N) is 2. The van der Waals surface area contributed by atoms with Crippen LogP contribution in [0.25, 0.3) is 0 Å². The average Bonchev–Trinajstić information content (AvgIpc) is 2.58. The van der Waals surface area contributed by atoms with Crippen molar-refractivity contribution in [3.63, 3.8) is 0 Å². The number of aryl methyl sites for hydroxylation is 1. The second-order valence-electron chi connectivity index (χ2n) is 3.55. The molecule has 1 aromatic rings. The Morgan fingerprint density at radius 2 is 2.40 bits per heavy atom. The first-order valence-electron chi connectivity index (χ1n) is 5.00. The van der Waals surface area contributed by atoms with Gasteiger partial charge in [-0.2, -0.15) is 5.10 Å². The van der Waals surface area contributed by atoms with Gasteiger partial charge in [-0.1, -0.05) is 6.92 Å². The highest BCUT2D eigenvalue weighted by molar-refractivity contribution is 6.28. The van der Waals surface area contributed by atoms with E-state index < -0.39 is 0 Å². The molecule has 84 valence electrons. The lowest BCUT2D eigenvalue weighted by molar-refractivity contribution is -0.113. The van der Waals surface area contributed by atoms with Crippen LogP contribution in [-0.4, -0.2) is 21.6 Å². The number of halogens is 1. The number of carbonyl (C=O) groups is 1. The number of amides is 1. The van der Waals surface area contributed by atoms with E-state index in [0.29, 0.717) is 11.9 Å². The van der Waals surface area contributed by atoms with Crippen LogP contribution in [0.1, 0.15) is 32.0 Å². The van der Waals surface area contributed by atoms with Gasteiger partial charge in [0.15, 0.2) is 5.82 Å². The maximum atomic E-state index is 11.0. The molecule has 0 aromatic carbocycles. The van der Waals surface area contributed by atoms with Crippen LogP contribution in [0.3, 0.4) is 0 Å². The van der Waals surface area contributed by atoms with Crippen LogP contribution < -0.4 is 5.32 Å². The number of nitrogens with one attached hydrogen (secondary N) is 1. The van der Waals surface area contributed by atoms with Gasteiger partial charge in [0.2, 0.25) is 5.91 Å². The van der Waals surface area contributed by atoms with Crippen molar-refractivity contribution in [2.75, 3.05) is 11.2 Å². The number of alkyl halides is 1. The fraction of sp³-hybridized carbons (Fsp3) is 0.600. The fourth-order valence-electron chi connectivity index (χ4n) is 1.34. The first kappa shape index (κ1) is 12.0. The SMILES string of the molecule is CCC(C)n1nc(NC(=O)CCl)cc1C. The van der Waals surface area contributed by atoms with Crippen LogP contribution in [0.15, 0.2) is 6.07 Å². The molecule has 0 bridgehead atoms. The molecule has 15 heavy (non-hydrogen) atoms. The Morgan fingerprint density at radius 1 is 1.73 bits per heavy atom. The standard InChI is InChI=1S/C10H16ClN3O/c1-4-7(2)14-8(3)5-9(13-14)12-10(15)6-11/h5,7H,4,6H2,1-3H3,(H,12,13,15). The predicted octanol–water partition coefficient (Wildman–Crippen LogP) is 2.34. The quantitative estimate of drug-likeness (QED) is 0.806. The minimum Gasteiger partial charge on any atom is -0.308 e. The van der Waals surface area contributed by atoms with Gasteiger partial charge in [-0.05, 0) is 20.3 Å². The number of carbonyl (C=O) groups excluding carboxylic acids is 1. The number of anilines is 1. The monoisotopic (exact) mass is 229 g/mol. The van der Waals surface area contributed by atoms with Gasteiger partial charge < -0.3 is 5.32 Å². The minimum atomic E-state index is -0.231. The van der Waals surface area contributed by atoms with E-state index in [-0.39, 0.29) is 11.8 Å². The molecule has 1 amide bonds. The van der Waals surface area contributed by atoms with Gasteiger partial charge in [-0.25, -0.2) is 0 Å². The maximum Gasteiger partial charge on any atom is 0.240 e. The molecular weight excluding hydrogens is 214 g/mol. The van der Waals surface area contributed by atoms with E-state index in [0.717, 1.165) is 12.1 Å². The van der Waals surface area contributed by atoms with Crippen LogP contribution in [0.5, 0.6) is 0 Å². The summed E-state index contributed by atoms with van der Waals surface area (Å²) in [6.45, 7) is 6.16. The molecular formula is C10H16ClN3O. The Hall–Kier alpha value is -1.03. The van der Waals surface area contributed by atoms with Gasteiger partial charge in [0.1, 0.15) is 5.88 Å². The summed E-state index contributed by atoms with van der Waals surface area (Å²) in [6.07, 6.45) is 1.01. The van der Waals surface area contributed by atoms with E-state index >= 15 is 0 Å². The minimum absolute atomic E-state index is 0.0464. The zero-order chi connectivity index (χ0) is 11.4. The summed E-state index contributed by atoms with van der Waals surface area (Å²) in [5.41, 5.74) is 1.04. The topological polar surface area (TPSA) is 46.9 Å². The van der Waals surface area contributed by atoms with Crippen LogP contribution in [0, 0.1) is 6.92 Å². The molecule has 0 saturated carbocycles. The highest BCUT2D eigenvalue weighted by atomic mass is 35.5. The molecule has 1 heterocycles. The van der Waals surface area contributed by atoms with Gasteiger partial charge in [0, 0.05) is 17.8 Å². The second-order valence-corrected chi connectivity index (χ2v) is 3.82. The van der Waals surface area contributed by atoms with Crippen LogP contribution in [0.4, 0.5) is 5.82 Å². The molecule has 1 unspecified atom stereocenters. The van der Waals surface area contributed by atoms with Crippen LogP contribution in [0.2, 0.25) is 0 Å². The maximum absolute atomic E-state index is 11.0. The number of aromatic nitrogens is 2. The summed E-state index contributed by atoms with van der Waals surface area (Å²) in [5.74, 6) is 0.291. The van der Waals surface area contributed by atoms with Crippen molar-refractivity contribution in [1.82, 2.24) is 9.78 Å². The van der Waals surface area contributed by atoms with Gasteiger partial charge in [0.05, 0.1) is 0 Å². The van der Waals surface area contributed by atoms with E-state index in [1.807, 2.05) is 17.7 Å². The predicted molar refractivity (Wildman–Crippen MR) is 61.3 cm³/mol. The third-order valence-corrected chi connectivity index (χ3v) is 2.56. The Morgan fingerprint density at radius 3 is 2.93 bits per heavy atom. The van der Waals surface area contributed by atoms with Crippen LogP contribution in [-0.2, 0) is 4.79 Å². The molecule has 1 aromatic heterocycles. The first-order valence-corrected chi connectivity index (χ1v) is 5.53. The summed E-state index contributed by atoms with van der Waals surface area (Å²) in [7, 11) is 0. The van der Waals surface area contributed by atoms with Crippen molar-refractivity contribution >= 4 is 23.3 Å². The molecule has 0 spiro atoms. The Labute approximate surface area is 94.6 Å². The lowest BCUT2D eigenvalue weighted by atomic mass is 10.2. The van der Waals surface area contributed by atoms with E-state index in [9.17, 15) is 4.79 Å². The summed E-state index contributed by atoms with van der Waals surface area (Å²) >= 11 is 5.39. The van der Waals surface area contributed by atoms with Gasteiger partial charge in [-0.3, -0.25) is 9.48 Å². The molecule has 1 rings (SSSR count). The number of rotatable bonds is 4. The van der Waals surface area contributed by atoms with Crippen molar-refractivity contribution in [3.05, 3.63) is 11.8 Å². The van der Waals surface area contributed by atoms with Crippen molar-refractivity contribution in [1.29, 1.82) is 0 Å². The van der Waals surface area contributed by atoms with Crippen molar-refractivity contribution in [3.8, 4) is 0 Å². The van der Waals surface area contributed by atoms with Gasteiger partial charge in [-0.15, -0.1) is 11.6 Å². The Bertz CT molecular complexity index is 348. The van der Waals surface area contributed by atoms with Crippen LogP contribution >= 0.6 is 11.6 Å². The normalized spacial score (nSPS) is 12.5.